The summed E-state index contributed by atoms with van der Waals surface area (Å²) in [5.74, 6) is -1.05. The normalized spacial score (nSPS) is 10.6. The second kappa shape index (κ2) is 6.00. The molecule has 1 amide bonds. The van der Waals surface area contributed by atoms with Crippen molar-refractivity contribution in [1.29, 1.82) is 0 Å². The van der Waals surface area contributed by atoms with Gasteiger partial charge >= 0.3 is 5.97 Å². The average Bonchev–Trinajstić information content (AvgIpc) is 2.86. The monoisotopic (exact) mass is 295 g/mol. The van der Waals surface area contributed by atoms with E-state index in [-0.39, 0.29) is 18.3 Å². The van der Waals surface area contributed by atoms with Crippen LogP contribution in [0.2, 0.25) is 0 Å². The molecule has 4 nitrogen and oxygen atoms in total. The van der Waals surface area contributed by atoms with Crippen LogP contribution in [0.4, 0.5) is 4.39 Å². The summed E-state index contributed by atoms with van der Waals surface area (Å²) in [5, 5.41) is 0.814. The number of carbonyl (C=O) groups is 2. The van der Waals surface area contributed by atoms with E-state index in [4.69, 9.17) is 0 Å². The molecule has 1 aromatic carbocycles. The summed E-state index contributed by atoms with van der Waals surface area (Å²) in [5.41, 5.74) is 0. The van der Waals surface area contributed by atoms with Crippen LogP contribution in [0.5, 0.6) is 0 Å². The Hall–Kier alpha value is -1.95. The van der Waals surface area contributed by atoms with Gasteiger partial charge in [-0.1, -0.05) is 6.07 Å². The van der Waals surface area contributed by atoms with Gasteiger partial charge < -0.3 is 9.64 Å². The highest BCUT2D eigenvalue weighted by Gasteiger charge is 2.19. The number of halogens is 1. The number of benzene rings is 1. The molecule has 0 aliphatic carbocycles. The molecule has 1 heterocycles. The van der Waals surface area contributed by atoms with E-state index in [0.717, 1.165) is 5.39 Å². The molecule has 0 unspecified atom stereocenters. The Morgan fingerprint density at radius 3 is 2.75 bits per heavy atom. The predicted octanol–water partition coefficient (Wildman–Crippen LogP) is 2.68. The highest BCUT2D eigenvalue weighted by Crippen LogP contribution is 2.27. The number of rotatable bonds is 4. The topological polar surface area (TPSA) is 46.6 Å². The smallest absolute Gasteiger partial charge is 0.325 e. The first-order chi connectivity index (χ1) is 9.55. The standard InChI is InChI=1S/C14H14FNO3S/c1-3-16(8-13(17)19-2)14(18)12-6-9-4-5-10(15)7-11(9)20-12/h4-7H,3,8H2,1-2H3. The van der Waals surface area contributed by atoms with E-state index >= 15 is 0 Å². The van der Waals surface area contributed by atoms with Crippen LogP contribution in [0.3, 0.4) is 0 Å². The molecule has 0 bridgehead atoms. The Morgan fingerprint density at radius 1 is 1.35 bits per heavy atom. The molecule has 1 aromatic heterocycles. The molecule has 2 rings (SSSR count). The molecular formula is C14H14FNO3S. The molecule has 0 atom stereocenters. The van der Waals surface area contributed by atoms with Gasteiger partial charge in [-0.05, 0) is 30.5 Å². The number of likely N-dealkylation sites (N-methyl/N-ethyl adjacent to an activating group) is 1. The fourth-order valence-corrected chi connectivity index (χ4v) is 2.87. The number of hydrogen-bond acceptors (Lipinski definition) is 4. The molecule has 20 heavy (non-hydrogen) atoms. The second-order valence-electron chi connectivity index (χ2n) is 4.19. The number of fused-ring (bicyclic) bond motifs is 1. The number of thiophene rings is 1. The molecular weight excluding hydrogens is 281 g/mol. The molecule has 0 saturated heterocycles. The molecule has 0 N–H and O–H groups in total. The number of hydrogen-bond donors (Lipinski definition) is 0. The van der Waals surface area contributed by atoms with Crippen LogP contribution in [0.15, 0.2) is 24.3 Å². The fourth-order valence-electron chi connectivity index (χ4n) is 1.81. The van der Waals surface area contributed by atoms with E-state index in [1.54, 1.807) is 19.1 Å². The van der Waals surface area contributed by atoms with Crippen molar-refractivity contribution in [2.75, 3.05) is 20.2 Å². The molecule has 106 valence electrons. The molecule has 2 aromatic rings. The highest BCUT2D eigenvalue weighted by atomic mass is 32.1. The summed E-state index contributed by atoms with van der Waals surface area (Å²) < 4.78 is 18.4. The van der Waals surface area contributed by atoms with Crippen molar-refractivity contribution in [3.05, 3.63) is 35.0 Å². The maximum atomic E-state index is 13.1. The third-order valence-corrected chi connectivity index (χ3v) is 4.00. The van der Waals surface area contributed by atoms with E-state index in [1.165, 1.54) is 35.5 Å². The predicted molar refractivity (Wildman–Crippen MR) is 75.4 cm³/mol. The Balaban J connectivity index is 2.27. The lowest BCUT2D eigenvalue weighted by Crippen LogP contribution is -2.35. The lowest BCUT2D eigenvalue weighted by atomic mass is 10.2. The second-order valence-corrected chi connectivity index (χ2v) is 5.27. The minimum absolute atomic E-state index is 0.0888. The number of esters is 1. The number of carbonyl (C=O) groups excluding carboxylic acids is 2. The Labute approximate surface area is 119 Å². The quantitative estimate of drug-likeness (QED) is 0.815. The van der Waals surface area contributed by atoms with Crippen LogP contribution in [0.1, 0.15) is 16.6 Å². The molecule has 0 fully saturated rings. The highest BCUT2D eigenvalue weighted by molar-refractivity contribution is 7.20. The van der Waals surface area contributed by atoms with Crippen molar-refractivity contribution in [2.45, 2.75) is 6.92 Å². The van der Waals surface area contributed by atoms with Crippen LogP contribution in [-0.4, -0.2) is 37.0 Å². The fraction of sp³-hybridized carbons (Fsp3) is 0.286. The lowest BCUT2D eigenvalue weighted by molar-refractivity contribution is -0.141. The molecule has 0 aliphatic heterocycles. The van der Waals surface area contributed by atoms with Gasteiger partial charge in [-0.3, -0.25) is 9.59 Å². The van der Waals surface area contributed by atoms with Gasteiger partial charge in [-0.2, -0.15) is 0 Å². The zero-order chi connectivity index (χ0) is 14.7. The first kappa shape index (κ1) is 14.5. The zero-order valence-corrected chi connectivity index (χ0v) is 12.0. The van der Waals surface area contributed by atoms with E-state index in [2.05, 4.69) is 4.74 Å². The van der Waals surface area contributed by atoms with Gasteiger partial charge in [0.25, 0.3) is 5.91 Å². The van der Waals surface area contributed by atoms with E-state index < -0.39 is 5.97 Å². The summed E-state index contributed by atoms with van der Waals surface area (Å²) in [6, 6.07) is 6.10. The summed E-state index contributed by atoms with van der Waals surface area (Å²) in [6.45, 7) is 2.10. The van der Waals surface area contributed by atoms with Gasteiger partial charge in [-0.25, -0.2) is 4.39 Å². The minimum atomic E-state index is -0.465. The lowest BCUT2D eigenvalue weighted by Gasteiger charge is -2.18. The van der Waals surface area contributed by atoms with Gasteiger partial charge in [0.1, 0.15) is 12.4 Å². The third kappa shape index (κ3) is 2.96. The Morgan fingerprint density at radius 2 is 2.10 bits per heavy atom. The van der Waals surface area contributed by atoms with E-state index in [1.807, 2.05) is 0 Å². The number of nitrogens with zero attached hydrogens (tertiary/aromatic N) is 1. The number of amides is 1. The van der Waals surface area contributed by atoms with Gasteiger partial charge in [0, 0.05) is 11.2 Å². The largest absolute Gasteiger partial charge is 0.468 e. The van der Waals surface area contributed by atoms with E-state index in [9.17, 15) is 14.0 Å². The summed E-state index contributed by atoms with van der Waals surface area (Å²) in [7, 11) is 1.28. The third-order valence-electron chi connectivity index (χ3n) is 2.91. The summed E-state index contributed by atoms with van der Waals surface area (Å²) in [4.78, 5) is 25.5. The maximum absolute atomic E-state index is 13.1. The van der Waals surface area contributed by atoms with Crippen molar-refractivity contribution in [2.24, 2.45) is 0 Å². The van der Waals surface area contributed by atoms with Crippen molar-refractivity contribution >= 4 is 33.3 Å². The van der Waals surface area contributed by atoms with Crippen LogP contribution in [0, 0.1) is 5.82 Å². The van der Waals surface area contributed by atoms with Crippen LogP contribution >= 0.6 is 11.3 Å². The van der Waals surface area contributed by atoms with Crippen molar-refractivity contribution in [3.8, 4) is 0 Å². The first-order valence-corrected chi connectivity index (χ1v) is 6.92. The van der Waals surface area contributed by atoms with Gasteiger partial charge in [0.15, 0.2) is 0 Å². The maximum Gasteiger partial charge on any atom is 0.325 e. The van der Waals surface area contributed by atoms with Gasteiger partial charge in [0.2, 0.25) is 0 Å². The van der Waals surface area contributed by atoms with Gasteiger partial charge in [0.05, 0.1) is 12.0 Å². The minimum Gasteiger partial charge on any atom is -0.468 e. The SMILES string of the molecule is CCN(CC(=O)OC)C(=O)c1cc2ccc(F)cc2s1. The molecule has 0 saturated carbocycles. The van der Waals surface area contributed by atoms with Crippen molar-refractivity contribution in [3.63, 3.8) is 0 Å². The molecule has 0 radical (unpaired) electrons. The van der Waals surface area contributed by atoms with Crippen LogP contribution in [-0.2, 0) is 9.53 Å². The summed E-state index contributed by atoms with van der Waals surface area (Å²) >= 11 is 1.21. The first-order valence-electron chi connectivity index (χ1n) is 6.10. The molecule has 0 aliphatic rings. The average molecular weight is 295 g/mol. The number of ether oxygens (including phenoxy) is 1. The Bertz CT molecular complexity index is 653. The van der Waals surface area contributed by atoms with Crippen LogP contribution < -0.4 is 0 Å². The van der Waals surface area contributed by atoms with Crippen LogP contribution in [0.25, 0.3) is 10.1 Å². The van der Waals surface area contributed by atoms with E-state index in [0.29, 0.717) is 16.1 Å². The number of methoxy groups -OCH3 is 1. The molecule has 0 spiro atoms. The van der Waals surface area contributed by atoms with Gasteiger partial charge in [-0.15, -0.1) is 11.3 Å². The van der Waals surface area contributed by atoms with Crippen molar-refractivity contribution < 1.29 is 18.7 Å². The Kier molecular flexibility index (Phi) is 4.34. The molecule has 6 heteroatoms. The van der Waals surface area contributed by atoms with Crippen molar-refractivity contribution in [1.82, 2.24) is 4.90 Å². The summed E-state index contributed by atoms with van der Waals surface area (Å²) in [6.07, 6.45) is 0. The zero-order valence-electron chi connectivity index (χ0n) is 11.2.